The summed E-state index contributed by atoms with van der Waals surface area (Å²) in [5, 5.41) is 4.73. The van der Waals surface area contributed by atoms with E-state index in [-0.39, 0.29) is 0 Å². The van der Waals surface area contributed by atoms with Crippen LogP contribution in [0.4, 0.5) is 0 Å². The SMILES string of the molecule is c1ccc(-c2nc(-n3c4ccccc4c4cc5c6ccccc6n(-c6ccccc6)c5cc43)nc(-[n+]3ccccc3)n2)cc1. The predicted molar refractivity (Wildman–Crippen MR) is 175 cm³/mol. The molecule has 0 aliphatic carbocycles. The molecule has 4 aromatic heterocycles. The molecule has 0 spiro atoms. The van der Waals surface area contributed by atoms with Gasteiger partial charge in [0.15, 0.2) is 0 Å². The molecular weight excluding hydrogens is 540 g/mol. The quantitative estimate of drug-likeness (QED) is 0.203. The Morgan fingerprint density at radius 3 is 1.70 bits per heavy atom. The molecule has 0 fully saturated rings. The van der Waals surface area contributed by atoms with Gasteiger partial charge in [0.05, 0.1) is 34.5 Å². The van der Waals surface area contributed by atoms with Crippen LogP contribution in [0.5, 0.6) is 0 Å². The van der Waals surface area contributed by atoms with Crippen LogP contribution in [-0.4, -0.2) is 24.1 Å². The van der Waals surface area contributed by atoms with Crippen LogP contribution < -0.4 is 4.57 Å². The van der Waals surface area contributed by atoms with Gasteiger partial charge in [0, 0.05) is 32.8 Å². The molecule has 44 heavy (non-hydrogen) atoms. The molecule has 0 radical (unpaired) electrons. The van der Waals surface area contributed by atoms with Gasteiger partial charge in [-0.3, -0.25) is 4.57 Å². The highest BCUT2D eigenvalue weighted by Gasteiger charge is 2.24. The van der Waals surface area contributed by atoms with Crippen molar-refractivity contribution in [3.63, 3.8) is 0 Å². The molecule has 4 heterocycles. The average molecular weight is 566 g/mol. The van der Waals surface area contributed by atoms with Crippen molar-refractivity contribution >= 4 is 43.6 Å². The first kappa shape index (κ1) is 24.5. The number of hydrogen-bond donors (Lipinski definition) is 0. The molecule has 9 rings (SSSR count). The zero-order chi connectivity index (χ0) is 29.0. The lowest BCUT2D eigenvalue weighted by Crippen LogP contribution is -2.33. The third-order valence-corrected chi connectivity index (χ3v) is 8.27. The van der Waals surface area contributed by atoms with E-state index in [1.807, 2.05) is 65.5 Å². The summed E-state index contributed by atoms with van der Waals surface area (Å²) >= 11 is 0. The molecule has 6 nitrogen and oxygen atoms in total. The number of pyridine rings is 1. The molecule has 0 atom stereocenters. The second kappa shape index (κ2) is 9.71. The third kappa shape index (κ3) is 3.75. The van der Waals surface area contributed by atoms with Crippen LogP contribution in [0.25, 0.3) is 72.6 Å². The summed E-state index contributed by atoms with van der Waals surface area (Å²) in [4.78, 5) is 15.1. The summed E-state index contributed by atoms with van der Waals surface area (Å²) in [6.45, 7) is 0. The Morgan fingerprint density at radius 1 is 0.432 bits per heavy atom. The first-order chi connectivity index (χ1) is 21.8. The number of nitrogens with zero attached hydrogens (tertiary/aromatic N) is 6. The van der Waals surface area contributed by atoms with Gasteiger partial charge in [0.25, 0.3) is 0 Å². The number of rotatable bonds is 4. The lowest BCUT2D eigenvalue weighted by Gasteiger charge is -2.08. The Bertz CT molecular complexity index is 2420. The fourth-order valence-corrected chi connectivity index (χ4v) is 6.32. The van der Waals surface area contributed by atoms with Gasteiger partial charge in [-0.2, -0.15) is 4.98 Å². The van der Waals surface area contributed by atoms with Gasteiger partial charge < -0.3 is 4.57 Å². The minimum absolute atomic E-state index is 0.555. The number of benzene rings is 5. The fraction of sp³-hybridized carbons (Fsp3) is 0. The largest absolute Gasteiger partial charge is 0.443 e. The predicted octanol–water partition coefficient (Wildman–Crippen LogP) is 8.01. The average Bonchev–Trinajstić information content (AvgIpc) is 3.60. The van der Waals surface area contributed by atoms with Crippen molar-refractivity contribution in [2.75, 3.05) is 0 Å². The van der Waals surface area contributed by atoms with Crippen LogP contribution in [0.2, 0.25) is 0 Å². The van der Waals surface area contributed by atoms with Crippen molar-refractivity contribution in [1.82, 2.24) is 24.1 Å². The molecule has 0 saturated heterocycles. The monoisotopic (exact) mass is 565 g/mol. The summed E-state index contributed by atoms with van der Waals surface area (Å²) < 4.78 is 6.45. The molecular formula is C38H25N6+. The molecule has 5 aromatic carbocycles. The highest BCUT2D eigenvalue weighted by molar-refractivity contribution is 6.19. The lowest BCUT2D eigenvalue weighted by molar-refractivity contribution is -0.603. The number of hydrogen-bond acceptors (Lipinski definition) is 3. The summed E-state index contributed by atoms with van der Waals surface area (Å²) in [5.74, 6) is 1.74. The maximum Gasteiger partial charge on any atom is 0.443 e. The zero-order valence-electron chi connectivity index (χ0n) is 23.6. The highest BCUT2D eigenvalue weighted by Crippen LogP contribution is 2.39. The maximum atomic E-state index is 5.10. The lowest BCUT2D eigenvalue weighted by atomic mass is 10.1. The molecule has 0 amide bonds. The first-order valence-electron chi connectivity index (χ1n) is 14.6. The van der Waals surface area contributed by atoms with Gasteiger partial charge in [0.1, 0.15) is 0 Å². The van der Waals surface area contributed by atoms with Crippen molar-refractivity contribution in [3.8, 4) is 29.0 Å². The molecule has 206 valence electrons. The van der Waals surface area contributed by atoms with Crippen molar-refractivity contribution < 1.29 is 4.57 Å². The Morgan fingerprint density at radius 2 is 1.00 bits per heavy atom. The summed E-state index contributed by atoms with van der Waals surface area (Å²) in [7, 11) is 0. The van der Waals surface area contributed by atoms with Crippen molar-refractivity contribution in [2.24, 2.45) is 0 Å². The Labute approximate surface area is 252 Å². The number of fused-ring (bicyclic) bond motifs is 6. The minimum atomic E-state index is 0.555. The summed E-state index contributed by atoms with van der Waals surface area (Å²) in [6, 6.07) is 48.3. The van der Waals surface area contributed by atoms with E-state index < -0.39 is 0 Å². The third-order valence-electron chi connectivity index (χ3n) is 8.27. The molecule has 9 aromatic rings. The zero-order valence-corrected chi connectivity index (χ0v) is 23.6. The van der Waals surface area contributed by atoms with Gasteiger partial charge in [0.2, 0.25) is 5.82 Å². The standard InChI is InChI=1S/C38H25N6/c1-4-14-26(15-5-1)36-39-37(42-22-12-3-13-23-42)41-38(40-36)44-33-21-11-9-19-29(33)31-24-30-28-18-8-10-20-32(28)43(34(30)25-35(31)44)27-16-6-2-7-17-27/h1-25H/q+1. The van der Waals surface area contributed by atoms with E-state index >= 15 is 0 Å². The highest BCUT2D eigenvalue weighted by atomic mass is 15.3. The smallest absolute Gasteiger partial charge is 0.309 e. The van der Waals surface area contributed by atoms with Gasteiger partial charge in [-0.25, -0.2) is 4.57 Å². The normalized spacial score (nSPS) is 11.6. The summed E-state index contributed by atoms with van der Waals surface area (Å²) in [6.07, 6.45) is 3.92. The van der Waals surface area contributed by atoms with Crippen molar-refractivity contribution in [2.45, 2.75) is 0 Å². The van der Waals surface area contributed by atoms with E-state index in [0.29, 0.717) is 17.7 Å². The molecule has 0 saturated carbocycles. The van der Waals surface area contributed by atoms with Gasteiger partial charge in [-0.1, -0.05) is 78.9 Å². The Hall–Kier alpha value is -6.14. The molecule has 0 aliphatic heterocycles. The minimum Gasteiger partial charge on any atom is -0.309 e. The van der Waals surface area contributed by atoms with Gasteiger partial charge >= 0.3 is 11.9 Å². The van der Waals surface area contributed by atoms with Crippen LogP contribution in [-0.2, 0) is 0 Å². The summed E-state index contributed by atoms with van der Waals surface area (Å²) in [5.41, 5.74) is 6.43. The van der Waals surface area contributed by atoms with Crippen LogP contribution >= 0.6 is 0 Å². The van der Waals surface area contributed by atoms with Gasteiger partial charge in [-0.15, -0.1) is 0 Å². The Kier molecular flexibility index (Phi) is 5.40. The topological polar surface area (TPSA) is 52.4 Å². The van der Waals surface area contributed by atoms with E-state index in [9.17, 15) is 0 Å². The molecule has 0 aliphatic rings. The fourth-order valence-electron chi connectivity index (χ4n) is 6.32. The second-order valence-corrected chi connectivity index (χ2v) is 10.8. The number of para-hydroxylation sites is 3. The van der Waals surface area contributed by atoms with Crippen LogP contribution in [0.3, 0.4) is 0 Å². The van der Waals surface area contributed by atoms with Crippen molar-refractivity contribution in [3.05, 3.63) is 152 Å². The van der Waals surface area contributed by atoms with E-state index in [1.165, 1.54) is 16.3 Å². The van der Waals surface area contributed by atoms with Crippen LogP contribution in [0, 0.1) is 0 Å². The molecule has 0 unspecified atom stereocenters. The Balaban J connectivity index is 1.41. The van der Waals surface area contributed by atoms with Crippen molar-refractivity contribution in [1.29, 1.82) is 0 Å². The molecule has 0 N–H and O–H groups in total. The number of aromatic nitrogens is 6. The maximum absolute atomic E-state index is 5.10. The van der Waals surface area contributed by atoms with Crippen LogP contribution in [0.1, 0.15) is 0 Å². The van der Waals surface area contributed by atoms with E-state index in [1.54, 1.807) is 0 Å². The molecule has 0 bridgehead atoms. The van der Waals surface area contributed by atoms with E-state index in [2.05, 4.69) is 100 Å². The van der Waals surface area contributed by atoms with E-state index in [4.69, 9.17) is 15.0 Å². The van der Waals surface area contributed by atoms with Crippen LogP contribution in [0.15, 0.2) is 152 Å². The van der Waals surface area contributed by atoms with E-state index in [0.717, 1.165) is 38.6 Å². The molecule has 6 heteroatoms. The second-order valence-electron chi connectivity index (χ2n) is 10.8. The first-order valence-corrected chi connectivity index (χ1v) is 14.6. The van der Waals surface area contributed by atoms with Gasteiger partial charge in [-0.05, 0) is 70.6 Å².